The van der Waals surface area contributed by atoms with Crippen LogP contribution in [0.3, 0.4) is 0 Å². The van der Waals surface area contributed by atoms with Gasteiger partial charge in [-0.15, -0.1) is 0 Å². The van der Waals surface area contributed by atoms with Gasteiger partial charge < -0.3 is 20.1 Å². The van der Waals surface area contributed by atoms with Gasteiger partial charge in [0.15, 0.2) is 0 Å². The highest BCUT2D eigenvalue weighted by atomic mass is 16.5. The summed E-state index contributed by atoms with van der Waals surface area (Å²) in [5.74, 6) is -0.705. The third-order valence-electron chi connectivity index (χ3n) is 4.30. The van der Waals surface area contributed by atoms with Gasteiger partial charge in [-0.25, -0.2) is 4.79 Å². The van der Waals surface area contributed by atoms with E-state index in [4.69, 9.17) is 9.84 Å². The number of hydrogen-bond acceptors (Lipinski definition) is 3. The van der Waals surface area contributed by atoms with Crippen molar-refractivity contribution in [1.29, 1.82) is 0 Å². The molecule has 0 spiro atoms. The molecule has 2 rings (SSSR count). The number of likely N-dealkylation sites (tertiary alicyclic amines) is 1. The minimum Gasteiger partial charge on any atom is -0.481 e. The molecule has 19 heavy (non-hydrogen) atoms. The number of aliphatic carboxylic acids is 1. The Morgan fingerprint density at radius 2 is 2.21 bits per heavy atom. The third-order valence-corrected chi connectivity index (χ3v) is 4.30. The number of nitrogens with zero attached hydrogens (tertiary/aromatic N) is 1. The molecule has 108 valence electrons. The lowest BCUT2D eigenvalue weighted by molar-refractivity contribution is -0.138. The quantitative estimate of drug-likeness (QED) is 0.783. The molecule has 6 heteroatoms. The summed E-state index contributed by atoms with van der Waals surface area (Å²) < 4.78 is 5.45. The molecular weight excluding hydrogens is 248 g/mol. The Hall–Kier alpha value is -1.30. The topological polar surface area (TPSA) is 78.9 Å². The number of urea groups is 1. The molecule has 1 aliphatic carbocycles. The number of carboxylic acid groups (broad SMARTS) is 1. The largest absolute Gasteiger partial charge is 0.481 e. The molecule has 0 bridgehead atoms. The minimum atomic E-state index is -0.792. The van der Waals surface area contributed by atoms with Crippen molar-refractivity contribution in [3.05, 3.63) is 0 Å². The van der Waals surface area contributed by atoms with Crippen molar-refractivity contribution in [3.63, 3.8) is 0 Å². The van der Waals surface area contributed by atoms with Crippen LogP contribution < -0.4 is 5.32 Å². The second-order valence-corrected chi connectivity index (χ2v) is 5.60. The van der Waals surface area contributed by atoms with Gasteiger partial charge >= 0.3 is 12.0 Å². The molecule has 0 aromatic rings. The minimum absolute atomic E-state index is 0.0864. The maximum Gasteiger partial charge on any atom is 0.317 e. The molecular formula is C13H22N2O4. The average Bonchev–Trinajstić information content (AvgIpc) is 2.75. The second kappa shape index (κ2) is 5.77. The van der Waals surface area contributed by atoms with Crippen LogP contribution in [0.25, 0.3) is 0 Å². The maximum atomic E-state index is 12.0. The first-order chi connectivity index (χ1) is 9.04. The fraction of sp³-hybridized carbons (Fsp3) is 0.846. The molecule has 2 fully saturated rings. The first-order valence-electron chi connectivity index (χ1n) is 6.84. The number of ether oxygens (including phenoxy) is 1. The Balaban J connectivity index is 1.73. The zero-order valence-electron chi connectivity index (χ0n) is 11.4. The number of carbonyl (C=O) groups excluding carboxylic acids is 1. The van der Waals surface area contributed by atoms with Gasteiger partial charge in [-0.2, -0.15) is 0 Å². The van der Waals surface area contributed by atoms with Gasteiger partial charge in [-0.1, -0.05) is 0 Å². The van der Waals surface area contributed by atoms with E-state index in [1.807, 2.05) is 0 Å². The normalized spacial score (nSPS) is 24.9. The highest BCUT2D eigenvalue weighted by Gasteiger charge is 2.38. The van der Waals surface area contributed by atoms with Gasteiger partial charge in [-0.3, -0.25) is 4.79 Å². The van der Waals surface area contributed by atoms with Gasteiger partial charge in [0, 0.05) is 33.2 Å². The smallest absolute Gasteiger partial charge is 0.317 e. The van der Waals surface area contributed by atoms with Crippen LogP contribution >= 0.6 is 0 Å². The molecule has 1 heterocycles. The number of carbonyl (C=O) groups is 2. The molecule has 6 nitrogen and oxygen atoms in total. The van der Waals surface area contributed by atoms with Crippen LogP contribution in [0.1, 0.15) is 32.1 Å². The number of nitrogens with one attached hydrogen (secondary N) is 1. The lowest BCUT2D eigenvalue weighted by Crippen LogP contribution is -2.51. The van der Waals surface area contributed by atoms with Crippen LogP contribution in [0.5, 0.6) is 0 Å². The third kappa shape index (κ3) is 3.37. The van der Waals surface area contributed by atoms with Gasteiger partial charge in [0.2, 0.25) is 0 Å². The van der Waals surface area contributed by atoms with Gasteiger partial charge in [0.25, 0.3) is 0 Å². The Bertz CT molecular complexity index is 349. The summed E-state index contributed by atoms with van der Waals surface area (Å²) >= 11 is 0. The second-order valence-electron chi connectivity index (χ2n) is 5.60. The van der Waals surface area contributed by atoms with Crippen LogP contribution in [0, 0.1) is 5.92 Å². The van der Waals surface area contributed by atoms with Crippen molar-refractivity contribution in [1.82, 2.24) is 10.2 Å². The van der Waals surface area contributed by atoms with Crippen LogP contribution in [-0.2, 0) is 9.53 Å². The van der Waals surface area contributed by atoms with E-state index in [0.717, 1.165) is 25.7 Å². The van der Waals surface area contributed by atoms with Crippen molar-refractivity contribution >= 4 is 12.0 Å². The van der Waals surface area contributed by atoms with E-state index in [9.17, 15) is 9.59 Å². The molecule has 1 unspecified atom stereocenters. The number of methoxy groups -OCH3 is 1. The Labute approximate surface area is 113 Å². The van der Waals surface area contributed by atoms with Crippen LogP contribution in [-0.4, -0.2) is 54.4 Å². The highest BCUT2D eigenvalue weighted by molar-refractivity contribution is 5.75. The summed E-state index contributed by atoms with van der Waals surface area (Å²) in [6.07, 6.45) is 4.05. The molecule has 1 saturated carbocycles. The standard InChI is InChI=1S/C13H22N2O4/c1-19-13(4-2-5-13)9-14-12(18)15-6-3-10(8-15)7-11(16)17/h10H,2-9H2,1H3,(H,14,18)(H,16,17). The molecule has 2 aliphatic rings. The number of amides is 2. The van der Waals surface area contributed by atoms with E-state index in [-0.39, 0.29) is 24.0 Å². The monoisotopic (exact) mass is 270 g/mol. The van der Waals surface area contributed by atoms with E-state index in [0.29, 0.717) is 19.6 Å². The van der Waals surface area contributed by atoms with E-state index in [1.54, 1.807) is 12.0 Å². The zero-order valence-corrected chi connectivity index (χ0v) is 11.4. The van der Waals surface area contributed by atoms with Crippen molar-refractivity contribution in [2.24, 2.45) is 5.92 Å². The van der Waals surface area contributed by atoms with Crippen molar-refractivity contribution < 1.29 is 19.4 Å². The SMILES string of the molecule is COC1(CNC(=O)N2CCC(CC(=O)O)C2)CCC1. The Morgan fingerprint density at radius 1 is 1.47 bits per heavy atom. The van der Waals surface area contributed by atoms with E-state index >= 15 is 0 Å². The van der Waals surface area contributed by atoms with E-state index < -0.39 is 5.97 Å². The molecule has 0 radical (unpaired) electrons. The molecule has 0 aromatic heterocycles. The maximum absolute atomic E-state index is 12.0. The number of rotatable bonds is 5. The molecule has 2 N–H and O–H groups in total. The van der Waals surface area contributed by atoms with E-state index in [2.05, 4.69) is 5.32 Å². The molecule has 1 saturated heterocycles. The van der Waals surface area contributed by atoms with Gasteiger partial charge in [-0.05, 0) is 31.6 Å². The lowest BCUT2D eigenvalue weighted by atomic mass is 9.80. The first-order valence-corrected chi connectivity index (χ1v) is 6.84. The highest BCUT2D eigenvalue weighted by Crippen LogP contribution is 2.34. The fourth-order valence-corrected chi connectivity index (χ4v) is 2.80. The summed E-state index contributed by atoms with van der Waals surface area (Å²) in [6, 6.07) is -0.101. The predicted molar refractivity (Wildman–Crippen MR) is 68.9 cm³/mol. The van der Waals surface area contributed by atoms with Gasteiger partial charge in [0.05, 0.1) is 5.60 Å². The fourth-order valence-electron chi connectivity index (χ4n) is 2.80. The van der Waals surface area contributed by atoms with Crippen molar-refractivity contribution in [2.45, 2.75) is 37.7 Å². The van der Waals surface area contributed by atoms with Crippen molar-refractivity contribution in [3.8, 4) is 0 Å². The summed E-state index contributed by atoms with van der Waals surface area (Å²) in [4.78, 5) is 24.3. The van der Waals surface area contributed by atoms with E-state index in [1.165, 1.54) is 0 Å². The lowest BCUT2D eigenvalue weighted by Gasteiger charge is -2.40. The summed E-state index contributed by atoms with van der Waals surface area (Å²) in [7, 11) is 1.68. The predicted octanol–water partition coefficient (Wildman–Crippen LogP) is 1.06. The summed E-state index contributed by atoms with van der Waals surface area (Å²) in [5.41, 5.74) is -0.171. The van der Waals surface area contributed by atoms with Crippen molar-refractivity contribution in [2.75, 3.05) is 26.7 Å². The number of hydrogen-bond donors (Lipinski definition) is 2. The summed E-state index contributed by atoms with van der Waals surface area (Å²) in [6.45, 7) is 1.73. The molecule has 1 aliphatic heterocycles. The molecule has 2 amide bonds. The van der Waals surface area contributed by atoms with Crippen LogP contribution in [0.4, 0.5) is 4.79 Å². The van der Waals surface area contributed by atoms with Crippen LogP contribution in [0.15, 0.2) is 0 Å². The van der Waals surface area contributed by atoms with Gasteiger partial charge in [0.1, 0.15) is 0 Å². The van der Waals surface area contributed by atoms with Crippen LogP contribution in [0.2, 0.25) is 0 Å². The summed E-state index contributed by atoms with van der Waals surface area (Å²) in [5, 5.41) is 11.7. The number of carboxylic acids is 1. The molecule has 0 aromatic carbocycles. The molecule has 1 atom stereocenters. The Kier molecular flexibility index (Phi) is 4.29. The Morgan fingerprint density at radius 3 is 2.74 bits per heavy atom. The average molecular weight is 270 g/mol. The first kappa shape index (κ1) is 14.1. The zero-order chi connectivity index (χ0) is 13.9.